The van der Waals surface area contributed by atoms with Gasteiger partial charge in [0.2, 0.25) is 0 Å². The Kier molecular flexibility index (Phi) is 4.26. The summed E-state index contributed by atoms with van der Waals surface area (Å²) < 4.78 is 24.7. The fourth-order valence-electron chi connectivity index (χ4n) is 1.11. The molecule has 0 aromatic heterocycles. The molecule has 0 heterocycles. The maximum Gasteiger partial charge on any atom is 0.263 e. The van der Waals surface area contributed by atoms with E-state index in [4.69, 9.17) is 0 Å². The molecule has 76 valence electrons. The van der Waals surface area contributed by atoms with Gasteiger partial charge < -0.3 is 0 Å². The Morgan fingerprint density at radius 2 is 2.21 bits per heavy atom. The second kappa shape index (κ2) is 5.25. The number of alkyl halides is 3. The molecule has 0 saturated heterocycles. The maximum absolute atomic E-state index is 12.3. The van der Waals surface area contributed by atoms with Crippen molar-refractivity contribution in [2.24, 2.45) is 0 Å². The molecule has 0 atom stereocenters. The average molecular weight is 261 g/mol. The number of allylic oxidation sites excluding steroid dienone is 1. The van der Waals surface area contributed by atoms with Crippen LogP contribution >= 0.6 is 15.9 Å². The van der Waals surface area contributed by atoms with Crippen LogP contribution in [-0.2, 0) is 0 Å². The molecule has 0 aliphatic heterocycles. The SMILES string of the molecule is C/C(=C/c1cccc(C(F)F)c1)CBr. The van der Waals surface area contributed by atoms with E-state index in [9.17, 15) is 8.78 Å². The highest BCUT2D eigenvalue weighted by atomic mass is 79.9. The van der Waals surface area contributed by atoms with Crippen molar-refractivity contribution in [1.29, 1.82) is 0 Å². The minimum atomic E-state index is -2.40. The lowest BCUT2D eigenvalue weighted by Crippen LogP contribution is -1.85. The number of halogens is 3. The summed E-state index contributed by atoms with van der Waals surface area (Å²) in [6.45, 7) is 1.95. The predicted molar refractivity (Wildman–Crippen MR) is 58.8 cm³/mol. The molecule has 0 bridgehead atoms. The summed E-state index contributed by atoms with van der Waals surface area (Å²) in [5.41, 5.74) is 2.00. The first-order valence-corrected chi connectivity index (χ1v) is 5.37. The van der Waals surface area contributed by atoms with Gasteiger partial charge in [0, 0.05) is 10.9 Å². The molecule has 0 radical (unpaired) electrons. The number of hydrogen-bond donors (Lipinski definition) is 0. The van der Waals surface area contributed by atoms with Crippen molar-refractivity contribution < 1.29 is 8.78 Å². The number of rotatable bonds is 3. The van der Waals surface area contributed by atoms with Crippen molar-refractivity contribution in [3.8, 4) is 0 Å². The number of hydrogen-bond acceptors (Lipinski definition) is 0. The smallest absolute Gasteiger partial charge is 0.205 e. The molecule has 0 N–H and O–H groups in total. The number of benzene rings is 1. The lowest BCUT2D eigenvalue weighted by atomic mass is 10.1. The van der Waals surface area contributed by atoms with Gasteiger partial charge in [-0.3, -0.25) is 0 Å². The molecule has 1 rings (SSSR count). The largest absolute Gasteiger partial charge is 0.263 e. The fourth-order valence-corrected chi connectivity index (χ4v) is 1.27. The van der Waals surface area contributed by atoms with Crippen molar-refractivity contribution >= 4 is 22.0 Å². The third kappa shape index (κ3) is 3.22. The van der Waals surface area contributed by atoms with Gasteiger partial charge in [0.1, 0.15) is 0 Å². The molecule has 1 aromatic carbocycles. The van der Waals surface area contributed by atoms with E-state index in [0.29, 0.717) is 0 Å². The fraction of sp³-hybridized carbons (Fsp3) is 0.273. The zero-order chi connectivity index (χ0) is 10.6. The zero-order valence-corrected chi connectivity index (χ0v) is 9.39. The monoisotopic (exact) mass is 260 g/mol. The molecular formula is C11H11BrF2. The van der Waals surface area contributed by atoms with Gasteiger partial charge in [-0.05, 0) is 18.6 Å². The maximum atomic E-state index is 12.3. The van der Waals surface area contributed by atoms with Gasteiger partial charge in [-0.15, -0.1) is 0 Å². The predicted octanol–water partition coefficient (Wildman–Crippen LogP) is 4.42. The summed E-state index contributed by atoms with van der Waals surface area (Å²) in [5.74, 6) is 0. The summed E-state index contributed by atoms with van der Waals surface area (Å²) in [5, 5.41) is 0.756. The van der Waals surface area contributed by atoms with Crippen LogP contribution in [0.15, 0.2) is 29.8 Å². The van der Waals surface area contributed by atoms with Crippen LogP contribution in [0.4, 0.5) is 8.78 Å². The second-order valence-electron chi connectivity index (χ2n) is 3.10. The second-order valence-corrected chi connectivity index (χ2v) is 3.66. The first-order valence-electron chi connectivity index (χ1n) is 4.24. The Morgan fingerprint density at radius 1 is 1.50 bits per heavy atom. The Bertz CT molecular complexity index is 332. The molecule has 14 heavy (non-hydrogen) atoms. The standard InChI is InChI=1S/C11H11BrF2/c1-8(7-12)5-9-3-2-4-10(6-9)11(13)14/h2-6,11H,7H2,1H3/b8-5-. The van der Waals surface area contributed by atoms with Gasteiger partial charge in [-0.1, -0.05) is 45.8 Å². The highest BCUT2D eigenvalue weighted by molar-refractivity contribution is 9.09. The molecule has 1 aromatic rings. The van der Waals surface area contributed by atoms with Crippen LogP contribution in [0.2, 0.25) is 0 Å². The third-order valence-electron chi connectivity index (χ3n) is 1.79. The molecule has 0 aliphatic carbocycles. The highest BCUT2D eigenvalue weighted by Gasteiger charge is 2.05. The summed E-state index contributed by atoms with van der Waals surface area (Å²) in [7, 11) is 0. The van der Waals surface area contributed by atoms with E-state index < -0.39 is 6.43 Å². The van der Waals surface area contributed by atoms with Gasteiger partial charge in [0.05, 0.1) is 0 Å². The van der Waals surface area contributed by atoms with Crippen LogP contribution in [0.3, 0.4) is 0 Å². The lowest BCUT2D eigenvalue weighted by Gasteiger charge is -2.01. The molecule has 0 aliphatic rings. The Labute approximate surface area is 90.8 Å². The van der Waals surface area contributed by atoms with Crippen LogP contribution in [0.1, 0.15) is 24.5 Å². The third-order valence-corrected chi connectivity index (χ3v) is 2.67. The summed E-state index contributed by atoms with van der Waals surface area (Å²) in [6, 6.07) is 6.41. The summed E-state index contributed by atoms with van der Waals surface area (Å²) in [6.07, 6.45) is -0.506. The molecule has 0 spiro atoms. The minimum absolute atomic E-state index is 0.0705. The molecule has 0 amide bonds. The van der Waals surface area contributed by atoms with Crippen molar-refractivity contribution in [2.45, 2.75) is 13.3 Å². The minimum Gasteiger partial charge on any atom is -0.205 e. The summed E-state index contributed by atoms with van der Waals surface area (Å²) in [4.78, 5) is 0. The van der Waals surface area contributed by atoms with E-state index in [0.717, 1.165) is 16.5 Å². The quantitative estimate of drug-likeness (QED) is 0.706. The normalized spacial score (nSPS) is 12.2. The first kappa shape index (κ1) is 11.4. The molecule has 0 nitrogen and oxygen atoms in total. The Balaban J connectivity index is 2.94. The average Bonchev–Trinajstić information content (AvgIpc) is 2.18. The summed E-state index contributed by atoms with van der Waals surface area (Å²) >= 11 is 3.30. The van der Waals surface area contributed by atoms with Crippen LogP contribution in [0.25, 0.3) is 6.08 Å². The van der Waals surface area contributed by atoms with Crippen molar-refractivity contribution in [3.63, 3.8) is 0 Å². The molecule has 0 fully saturated rings. The molecule has 0 saturated carbocycles. The van der Waals surface area contributed by atoms with Crippen molar-refractivity contribution in [3.05, 3.63) is 41.0 Å². The zero-order valence-electron chi connectivity index (χ0n) is 7.81. The van der Waals surface area contributed by atoms with Gasteiger partial charge in [0.25, 0.3) is 6.43 Å². The van der Waals surface area contributed by atoms with Gasteiger partial charge >= 0.3 is 0 Å². The van der Waals surface area contributed by atoms with Gasteiger partial charge in [-0.25, -0.2) is 8.78 Å². The van der Waals surface area contributed by atoms with Crippen LogP contribution < -0.4 is 0 Å². The van der Waals surface area contributed by atoms with E-state index in [1.807, 2.05) is 19.1 Å². The van der Waals surface area contributed by atoms with Crippen molar-refractivity contribution in [2.75, 3.05) is 5.33 Å². The van der Waals surface area contributed by atoms with E-state index in [1.54, 1.807) is 6.07 Å². The van der Waals surface area contributed by atoms with Gasteiger partial charge in [0.15, 0.2) is 0 Å². The molecule has 3 heteroatoms. The van der Waals surface area contributed by atoms with Gasteiger partial charge in [-0.2, -0.15) is 0 Å². The van der Waals surface area contributed by atoms with Crippen LogP contribution in [-0.4, -0.2) is 5.33 Å². The lowest BCUT2D eigenvalue weighted by molar-refractivity contribution is 0.151. The highest BCUT2D eigenvalue weighted by Crippen LogP contribution is 2.20. The van der Waals surface area contributed by atoms with Crippen LogP contribution in [0, 0.1) is 0 Å². The van der Waals surface area contributed by atoms with E-state index in [2.05, 4.69) is 15.9 Å². The van der Waals surface area contributed by atoms with E-state index in [1.165, 1.54) is 12.1 Å². The van der Waals surface area contributed by atoms with E-state index >= 15 is 0 Å². The van der Waals surface area contributed by atoms with Crippen molar-refractivity contribution in [1.82, 2.24) is 0 Å². The molecule has 0 unspecified atom stereocenters. The van der Waals surface area contributed by atoms with E-state index in [-0.39, 0.29) is 5.56 Å². The topological polar surface area (TPSA) is 0 Å². The Morgan fingerprint density at radius 3 is 2.79 bits per heavy atom. The first-order chi connectivity index (χ1) is 6.63. The van der Waals surface area contributed by atoms with Crippen LogP contribution in [0.5, 0.6) is 0 Å². The molecular weight excluding hydrogens is 250 g/mol. The Hall–Kier alpha value is -0.700.